The van der Waals surface area contributed by atoms with E-state index >= 15 is 0 Å². The zero-order valence-corrected chi connectivity index (χ0v) is 16.7. The van der Waals surface area contributed by atoms with E-state index in [0.29, 0.717) is 0 Å². The van der Waals surface area contributed by atoms with Crippen molar-refractivity contribution >= 4 is 16.0 Å². The monoisotopic (exact) mass is 393 g/mol. The van der Waals surface area contributed by atoms with Crippen LogP contribution in [-0.4, -0.2) is 30.5 Å². The number of carbonyl (C=O) groups is 1. The second kappa shape index (κ2) is 8.52. The molecule has 0 aliphatic heterocycles. The summed E-state index contributed by atoms with van der Waals surface area (Å²) in [7, 11) is -3.66. The predicted octanol–water partition coefficient (Wildman–Crippen LogP) is 3.99. The predicted molar refractivity (Wildman–Crippen MR) is 103 cm³/mol. The van der Waals surface area contributed by atoms with Crippen LogP contribution in [0.15, 0.2) is 48.5 Å². The largest absolute Gasteiger partial charge is 0.382 e. The minimum absolute atomic E-state index is 0.0224. The molecule has 0 aromatic heterocycles. The molecule has 0 fully saturated rings. The molecule has 0 N–H and O–H groups in total. The third-order valence-electron chi connectivity index (χ3n) is 4.05. The Morgan fingerprint density at radius 1 is 1.04 bits per heavy atom. The Morgan fingerprint density at radius 3 is 2.15 bits per heavy atom. The molecular formula is C20H24FNO4S. The molecule has 27 heavy (non-hydrogen) atoms. The molecule has 2 aromatic carbocycles. The van der Waals surface area contributed by atoms with Crippen molar-refractivity contribution < 1.29 is 21.8 Å². The Morgan fingerprint density at radius 2 is 1.63 bits per heavy atom. The third-order valence-corrected chi connectivity index (χ3v) is 5.63. The quantitative estimate of drug-likeness (QED) is 0.667. The molecule has 0 heterocycles. The molecule has 0 saturated heterocycles. The van der Waals surface area contributed by atoms with E-state index in [2.05, 4.69) is 0 Å². The van der Waals surface area contributed by atoms with Crippen LogP contribution in [0.1, 0.15) is 43.6 Å². The van der Waals surface area contributed by atoms with E-state index in [1.165, 1.54) is 18.2 Å². The standard InChI is InChI=1S/C20H24FNO4S/c1-14(2)22(20(23)18-7-5-6-8-19(18)21)13-16-9-11-17(12-10-16)26-27(24,25)15(3)4/h5-12,14-15H,13H2,1-4H3. The van der Waals surface area contributed by atoms with E-state index in [0.717, 1.165) is 5.56 Å². The normalized spacial score (nSPS) is 11.7. The molecule has 146 valence electrons. The van der Waals surface area contributed by atoms with Crippen molar-refractivity contribution in [3.63, 3.8) is 0 Å². The molecule has 0 bridgehead atoms. The molecule has 2 aromatic rings. The summed E-state index contributed by atoms with van der Waals surface area (Å²) in [6.07, 6.45) is 0. The lowest BCUT2D eigenvalue weighted by atomic mass is 10.1. The average Bonchev–Trinajstić information content (AvgIpc) is 2.60. The van der Waals surface area contributed by atoms with Gasteiger partial charge in [-0.3, -0.25) is 4.79 Å². The van der Waals surface area contributed by atoms with Crippen LogP contribution in [0.5, 0.6) is 5.75 Å². The van der Waals surface area contributed by atoms with Gasteiger partial charge in [-0.25, -0.2) is 4.39 Å². The number of benzene rings is 2. The fraction of sp³-hybridized carbons (Fsp3) is 0.350. The van der Waals surface area contributed by atoms with Gasteiger partial charge in [-0.15, -0.1) is 0 Å². The first-order valence-electron chi connectivity index (χ1n) is 8.69. The van der Waals surface area contributed by atoms with Gasteiger partial charge in [0, 0.05) is 12.6 Å². The van der Waals surface area contributed by atoms with Gasteiger partial charge >= 0.3 is 10.1 Å². The summed E-state index contributed by atoms with van der Waals surface area (Å²) in [5, 5.41) is -0.646. The van der Waals surface area contributed by atoms with Gasteiger partial charge in [-0.2, -0.15) is 8.42 Å². The lowest BCUT2D eigenvalue weighted by Crippen LogP contribution is -2.36. The number of rotatable bonds is 7. The Balaban J connectivity index is 2.18. The topological polar surface area (TPSA) is 63.7 Å². The maximum atomic E-state index is 14.0. The maximum absolute atomic E-state index is 14.0. The summed E-state index contributed by atoms with van der Waals surface area (Å²) in [5.74, 6) is -0.745. The van der Waals surface area contributed by atoms with Crippen molar-refractivity contribution in [1.29, 1.82) is 0 Å². The Bertz CT molecular complexity index is 892. The van der Waals surface area contributed by atoms with Gasteiger partial charge in [0.05, 0.1) is 10.8 Å². The molecular weight excluding hydrogens is 369 g/mol. The summed E-state index contributed by atoms with van der Waals surface area (Å²) in [6.45, 7) is 7.05. The van der Waals surface area contributed by atoms with Crippen molar-refractivity contribution in [2.45, 2.75) is 45.5 Å². The number of hydrogen-bond acceptors (Lipinski definition) is 4. The van der Waals surface area contributed by atoms with E-state index in [4.69, 9.17) is 4.18 Å². The second-order valence-electron chi connectivity index (χ2n) is 6.78. The minimum atomic E-state index is -3.66. The van der Waals surface area contributed by atoms with E-state index in [9.17, 15) is 17.6 Å². The van der Waals surface area contributed by atoms with Crippen LogP contribution in [0, 0.1) is 5.82 Å². The molecule has 7 heteroatoms. The molecule has 0 atom stereocenters. The summed E-state index contributed by atoms with van der Waals surface area (Å²) in [5.41, 5.74) is 0.803. The van der Waals surface area contributed by atoms with E-state index in [1.807, 2.05) is 13.8 Å². The molecule has 0 aliphatic carbocycles. The molecule has 5 nitrogen and oxygen atoms in total. The molecule has 2 rings (SSSR count). The number of hydrogen-bond donors (Lipinski definition) is 0. The van der Waals surface area contributed by atoms with Gasteiger partial charge in [-0.1, -0.05) is 24.3 Å². The summed E-state index contributed by atoms with van der Waals surface area (Å²) in [4.78, 5) is 14.3. The van der Waals surface area contributed by atoms with Gasteiger partial charge in [0.15, 0.2) is 0 Å². The van der Waals surface area contributed by atoms with E-state index in [-0.39, 0.29) is 23.9 Å². The molecule has 0 radical (unpaired) electrons. The second-order valence-corrected chi connectivity index (χ2v) is 8.87. The molecule has 0 spiro atoms. The third kappa shape index (κ3) is 5.29. The smallest absolute Gasteiger partial charge is 0.311 e. The maximum Gasteiger partial charge on any atom is 0.311 e. The summed E-state index contributed by atoms with van der Waals surface area (Å²) in [6, 6.07) is 12.2. The van der Waals surface area contributed by atoms with E-state index < -0.39 is 27.1 Å². The Kier molecular flexibility index (Phi) is 6.59. The number of halogens is 1. The average molecular weight is 393 g/mol. The first-order chi connectivity index (χ1) is 12.6. The van der Waals surface area contributed by atoms with E-state index in [1.54, 1.807) is 49.1 Å². The number of nitrogens with zero attached hydrogens (tertiary/aromatic N) is 1. The molecule has 1 amide bonds. The minimum Gasteiger partial charge on any atom is -0.382 e. The van der Waals surface area contributed by atoms with Crippen LogP contribution in [0.2, 0.25) is 0 Å². The van der Waals surface area contributed by atoms with Crippen LogP contribution in [-0.2, 0) is 16.7 Å². The van der Waals surface area contributed by atoms with Gasteiger partial charge < -0.3 is 9.08 Å². The van der Waals surface area contributed by atoms with Gasteiger partial charge in [0.1, 0.15) is 11.6 Å². The Hall–Kier alpha value is -2.41. The van der Waals surface area contributed by atoms with Crippen molar-refractivity contribution in [1.82, 2.24) is 4.90 Å². The number of amides is 1. The highest BCUT2D eigenvalue weighted by molar-refractivity contribution is 7.87. The van der Waals surface area contributed by atoms with Crippen LogP contribution in [0.3, 0.4) is 0 Å². The first-order valence-corrected chi connectivity index (χ1v) is 10.2. The zero-order chi connectivity index (χ0) is 20.2. The fourth-order valence-corrected chi connectivity index (χ4v) is 2.93. The molecule has 0 unspecified atom stereocenters. The lowest BCUT2D eigenvalue weighted by molar-refractivity contribution is 0.0685. The van der Waals surface area contributed by atoms with Crippen LogP contribution in [0.25, 0.3) is 0 Å². The van der Waals surface area contributed by atoms with Gasteiger partial charge in [0.2, 0.25) is 0 Å². The van der Waals surface area contributed by atoms with Crippen molar-refractivity contribution in [3.05, 3.63) is 65.5 Å². The Labute approximate surface area is 159 Å². The van der Waals surface area contributed by atoms with Crippen molar-refractivity contribution in [3.8, 4) is 5.75 Å². The summed E-state index contributed by atoms with van der Waals surface area (Å²) >= 11 is 0. The van der Waals surface area contributed by atoms with Gasteiger partial charge in [-0.05, 0) is 57.5 Å². The highest BCUT2D eigenvalue weighted by atomic mass is 32.2. The van der Waals surface area contributed by atoms with Crippen LogP contribution >= 0.6 is 0 Å². The fourth-order valence-electron chi connectivity index (χ4n) is 2.36. The van der Waals surface area contributed by atoms with Crippen LogP contribution < -0.4 is 4.18 Å². The van der Waals surface area contributed by atoms with Crippen molar-refractivity contribution in [2.24, 2.45) is 0 Å². The van der Waals surface area contributed by atoms with Gasteiger partial charge in [0.25, 0.3) is 5.91 Å². The summed E-state index contributed by atoms with van der Waals surface area (Å²) < 4.78 is 42.6. The highest BCUT2D eigenvalue weighted by Crippen LogP contribution is 2.20. The molecule has 0 saturated carbocycles. The zero-order valence-electron chi connectivity index (χ0n) is 15.8. The SMILES string of the molecule is CC(C)N(Cc1ccc(OS(=O)(=O)C(C)C)cc1)C(=O)c1ccccc1F. The molecule has 0 aliphatic rings. The lowest BCUT2D eigenvalue weighted by Gasteiger charge is -2.27. The first kappa shape index (κ1) is 20.9. The number of carbonyl (C=O) groups excluding carboxylic acids is 1. The van der Waals surface area contributed by atoms with Crippen LogP contribution in [0.4, 0.5) is 4.39 Å². The van der Waals surface area contributed by atoms with Crippen molar-refractivity contribution in [2.75, 3.05) is 0 Å². The highest BCUT2D eigenvalue weighted by Gasteiger charge is 2.22.